The second-order valence-electron chi connectivity index (χ2n) is 5.38. The lowest BCUT2D eigenvalue weighted by atomic mass is 10.3. The molecule has 0 aliphatic rings. The van der Waals surface area contributed by atoms with Gasteiger partial charge in [-0.25, -0.2) is 4.98 Å². The molecule has 0 amide bonds. The molecule has 2 aromatic rings. The number of benzene rings is 1. The molecule has 24 heavy (non-hydrogen) atoms. The molecule has 0 radical (unpaired) electrons. The topological polar surface area (TPSA) is 49.8 Å². The fourth-order valence-corrected chi connectivity index (χ4v) is 3.17. The standard InChI is InChI=1S/C17H23ClN4OS/c1-12-13(2)24-16(21-12)11-20-17(19-3)22(4)8-9-23-15-7-5-6-14(18)10-15/h5-7,10H,8-9,11H2,1-4H3,(H,19,20). The molecule has 1 aromatic heterocycles. The maximum Gasteiger partial charge on any atom is 0.193 e. The predicted molar refractivity (Wildman–Crippen MR) is 101 cm³/mol. The summed E-state index contributed by atoms with van der Waals surface area (Å²) in [6, 6.07) is 7.40. The molecule has 0 spiro atoms. The molecule has 0 unspecified atom stereocenters. The van der Waals surface area contributed by atoms with E-state index in [1.807, 2.05) is 43.1 Å². The first kappa shape index (κ1) is 18.5. The van der Waals surface area contributed by atoms with Crippen molar-refractivity contribution in [1.29, 1.82) is 0 Å². The van der Waals surface area contributed by atoms with Crippen molar-refractivity contribution < 1.29 is 4.74 Å². The van der Waals surface area contributed by atoms with Gasteiger partial charge in [-0.15, -0.1) is 11.3 Å². The molecule has 1 heterocycles. The first-order valence-corrected chi connectivity index (χ1v) is 8.92. The van der Waals surface area contributed by atoms with E-state index < -0.39 is 0 Å². The lowest BCUT2D eigenvalue weighted by Gasteiger charge is -2.21. The molecule has 0 aliphatic carbocycles. The molecule has 0 saturated heterocycles. The maximum atomic E-state index is 5.95. The molecule has 7 heteroatoms. The Morgan fingerprint density at radius 2 is 2.21 bits per heavy atom. The zero-order valence-corrected chi connectivity index (χ0v) is 16.0. The van der Waals surface area contributed by atoms with E-state index in [4.69, 9.17) is 16.3 Å². The lowest BCUT2D eigenvalue weighted by Crippen LogP contribution is -2.40. The van der Waals surface area contributed by atoms with Gasteiger partial charge in [0.05, 0.1) is 18.8 Å². The van der Waals surface area contributed by atoms with E-state index in [-0.39, 0.29) is 0 Å². The van der Waals surface area contributed by atoms with Gasteiger partial charge in [0.15, 0.2) is 5.96 Å². The minimum atomic E-state index is 0.549. The van der Waals surface area contributed by atoms with Crippen LogP contribution in [-0.4, -0.2) is 43.1 Å². The fourth-order valence-electron chi connectivity index (χ4n) is 2.12. The summed E-state index contributed by atoms with van der Waals surface area (Å²) >= 11 is 7.66. The molecule has 1 N–H and O–H groups in total. The third kappa shape index (κ3) is 5.39. The van der Waals surface area contributed by atoms with Crippen LogP contribution < -0.4 is 10.1 Å². The number of aliphatic imine (C=N–C) groups is 1. The van der Waals surface area contributed by atoms with E-state index in [0.29, 0.717) is 24.7 Å². The largest absolute Gasteiger partial charge is 0.492 e. The molecule has 0 atom stereocenters. The number of halogens is 1. The van der Waals surface area contributed by atoms with Crippen molar-refractivity contribution in [3.63, 3.8) is 0 Å². The highest BCUT2D eigenvalue weighted by atomic mass is 35.5. The van der Waals surface area contributed by atoms with E-state index in [1.54, 1.807) is 18.4 Å². The number of nitrogens with zero attached hydrogens (tertiary/aromatic N) is 3. The minimum absolute atomic E-state index is 0.549. The van der Waals surface area contributed by atoms with Crippen LogP contribution in [0.1, 0.15) is 15.6 Å². The van der Waals surface area contributed by atoms with Gasteiger partial charge in [-0.1, -0.05) is 17.7 Å². The van der Waals surface area contributed by atoms with Crippen molar-refractivity contribution in [2.24, 2.45) is 4.99 Å². The summed E-state index contributed by atoms with van der Waals surface area (Å²) in [6.07, 6.45) is 0. The zero-order valence-electron chi connectivity index (χ0n) is 14.5. The van der Waals surface area contributed by atoms with Crippen molar-refractivity contribution in [3.05, 3.63) is 44.9 Å². The average Bonchev–Trinajstić information content (AvgIpc) is 2.86. The van der Waals surface area contributed by atoms with Gasteiger partial charge in [0.25, 0.3) is 0 Å². The molecule has 5 nitrogen and oxygen atoms in total. The molecule has 1 aromatic carbocycles. The zero-order chi connectivity index (χ0) is 17.5. The number of hydrogen-bond acceptors (Lipinski definition) is 4. The summed E-state index contributed by atoms with van der Waals surface area (Å²) in [5, 5.41) is 5.07. The van der Waals surface area contributed by atoms with Gasteiger partial charge in [0.1, 0.15) is 17.4 Å². The Morgan fingerprint density at radius 3 is 2.83 bits per heavy atom. The molecule has 0 fully saturated rings. The van der Waals surface area contributed by atoms with E-state index in [0.717, 1.165) is 22.4 Å². The summed E-state index contributed by atoms with van der Waals surface area (Å²) in [4.78, 5) is 12.1. The van der Waals surface area contributed by atoms with Crippen LogP contribution >= 0.6 is 22.9 Å². The average molecular weight is 367 g/mol. The van der Waals surface area contributed by atoms with Gasteiger partial charge in [-0.05, 0) is 32.0 Å². The number of hydrogen-bond donors (Lipinski definition) is 1. The summed E-state index contributed by atoms with van der Waals surface area (Å²) in [5.74, 6) is 1.59. The molecule has 0 saturated carbocycles. The molecule has 130 valence electrons. The normalized spacial score (nSPS) is 11.5. The van der Waals surface area contributed by atoms with Gasteiger partial charge in [-0.2, -0.15) is 0 Å². The first-order valence-electron chi connectivity index (χ1n) is 7.72. The number of nitrogens with one attached hydrogen (secondary N) is 1. The lowest BCUT2D eigenvalue weighted by molar-refractivity contribution is 0.281. The molecular formula is C17H23ClN4OS. The second kappa shape index (κ2) is 8.89. The first-order chi connectivity index (χ1) is 11.5. The van der Waals surface area contributed by atoms with Crippen LogP contribution in [0.25, 0.3) is 0 Å². The molecular weight excluding hydrogens is 344 g/mol. The van der Waals surface area contributed by atoms with Crippen LogP contribution in [0, 0.1) is 13.8 Å². The highest BCUT2D eigenvalue weighted by Gasteiger charge is 2.08. The minimum Gasteiger partial charge on any atom is -0.492 e. The van der Waals surface area contributed by atoms with Gasteiger partial charge in [-0.3, -0.25) is 4.99 Å². The SMILES string of the molecule is CN=C(NCc1nc(C)c(C)s1)N(C)CCOc1cccc(Cl)c1. The number of aryl methyl sites for hydroxylation is 2. The fraction of sp³-hybridized carbons (Fsp3) is 0.412. The molecule has 2 rings (SSSR count). The van der Waals surface area contributed by atoms with Crippen LogP contribution in [-0.2, 0) is 6.54 Å². The van der Waals surface area contributed by atoms with Gasteiger partial charge >= 0.3 is 0 Å². The monoisotopic (exact) mass is 366 g/mol. The Bertz CT molecular complexity index is 682. The number of likely N-dealkylation sites (N-methyl/N-ethyl adjacent to an activating group) is 1. The van der Waals surface area contributed by atoms with E-state index >= 15 is 0 Å². The highest BCUT2D eigenvalue weighted by molar-refractivity contribution is 7.11. The van der Waals surface area contributed by atoms with Crippen LogP contribution in [0.4, 0.5) is 0 Å². The second-order valence-corrected chi connectivity index (χ2v) is 7.10. The number of thiazole rings is 1. The van der Waals surface area contributed by atoms with Crippen LogP contribution in [0.15, 0.2) is 29.3 Å². The maximum absolute atomic E-state index is 5.95. The Morgan fingerprint density at radius 1 is 1.42 bits per heavy atom. The van der Waals surface area contributed by atoms with Gasteiger partial charge in [0, 0.05) is 24.0 Å². The number of ether oxygens (including phenoxy) is 1. The Kier molecular flexibility index (Phi) is 6.87. The Labute approximate surface area is 152 Å². The summed E-state index contributed by atoms with van der Waals surface area (Å²) in [6.45, 7) is 6.05. The van der Waals surface area contributed by atoms with E-state index in [9.17, 15) is 0 Å². The third-order valence-electron chi connectivity index (χ3n) is 3.54. The number of guanidine groups is 1. The number of aromatic nitrogens is 1. The Hall–Kier alpha value is -1.79. The van der Waals surface area contributed by atoms with E-state index in [1.165, 1.54) is 4.88 Å². The van der Waals surface area contributed by atoms with Gasteiger partial charge < -0.3 is 15.0 Å². The van der Waals surface area contributed by atoms with Crippen molar-refractivity contribution in [2.45, 2.75) is 20.4 Å². The third-order valence-corrected chi connectivity index (χ3v) is 4.84. The molecule has 0 aliphatic heterocycles. The van der Waals surface area contributed by atoms with E-state index in [2.05, 4.69) is 22.2 Å². The van der Waals surface area contributed by atoms with Crippen LogP contribution in [0.5, 0.6) is 5.75 Å². The summed E-state index contributed by atoms with van der Waals surface area (Å²) in [5.41, 5.74) is 1.09. The Balaban J connectivity index is 1.79. The van der Waals surface area contributed by atoms with Crippen molar-refractivity contribution >= 4 is 28.9 Å². The van der Waals surface area contributed by atoms with Crippen molar-refractivity contribution in [2.75, 3.05) is 27.2 Å². The number of rotatable bonds is 6. The highest BCUT2D eigenvalue weighted by Crippen LogP contribution is 2.17. The van der Waals surface area contributed by atoms with Crippen molar-refractivity contribution in [3.8, 4) is 5.75 Å². The quantitative estimate of drug-likeness (QED) is 0.628. The van der Waals surface area contributed by atoms with Crippen LogP contribution in [0.3, 0.4) is 0 Å². The van der Waals surface area contributed by atoms with Crippen LogP contribution in [0.2, 0.25) is 5.02 Å². The predicted octanol–water partition coefficient (Wildman–Crippen LogP) is 3.50. The van der Waals surface area contributed by atoms with Gasteiger partial charge in [0.2, 0.25) is 0 Å². The molecule has 0 bridgehead atoms. The smallest absolute Gasteiger partial charge is 0.193 e. The summed E-state index contributed by atoms with van der Waals surface area (Å²) in [7, 11) is 3.75. The summed E-state index contributed by atoms with van der Waals surface area (Å²) < 4.78 is 5.71. The van der Waals surface area contributed by atoms with Crippen molar-refractivity contribution in [1.82, 2.24) is 15.2 Å².